The Hall–Kier alpha value is -3.22. The van der Waals surface area contributed by atoms with Gasteiger partial charge in [-0.05, 0) is 54.5 Å². The third-order valence-corrected chi connectivity index (χ3v) is 8.99. The van der Waals surface area contributed by atoms with E-state index in [1.54, 1.807) is 6.20 Å². The van der Waals surface area contributed by atoms with E-state index < -0.39 is 0 Å². The van der Waals surface area contributed by atoms with Crippen LogP contribution in [0, 0.1) is 16.7 Å². The van der Waals surface area contributed by atoms with Crippen LogP contribution in [0.15, 0.2) is 54.5 Å². The van der Waals surface area contributed by atoms with Crippen molar-refractivity contribution in [1.29, 1.82) is 5.26 Å². The zero-order chi connectivity index (χ0) is 28.8. The Morgan fingerprint density at radius 3 is 2.46 bits per heavy atom. The van der Waals surface area contributed by atoms with Crippen LogP contribution in [0.4, 0.5) is 11.4 Å². The molecule has 8 nitrogen and oxygen atoms in total. The Morgan fingerprint density at radius 1 is 1.10 bits per heavy atom. The van der Waals surface area contributed by atoms with Crippen molar-refractivity contribution in [2.45, 2.75) is 51.6 Å². The highest BCUT2D eigenvalue weighted by molar-refractivity contribution is 6.36. The van der Waals surface area contributed by atoms with Gasteiger partial charge in [0.05, 0.1) is 39.1 Å². The van der Waals surface area contributed by atoms with Crippen molar-refractivity contribution in [1.82, 2.24) is 25.9 Å². The van der Waals surface area contributed by atoms with E-state index in [4.69, 9.17) is 23.2 Å². The number of nitrogens with one attached hydrogen (secondary N) is 4. The first-order valence-corrected chi connectivity index (χ1v) is 14.9. The molecular weight excluding hydrogens is 555 g/mol. The van der Waals surface area contributed by atoms with Crippen LogP contribution in [0.25, 0.3) is 10.9 Å². The topological polar surface area (TPSA) is 91.3 Å². The zero-order valence-electron chi connectivity index (χ0n) is 23.7. The maximum atomic E-state index is 9.86. The molecule has 3 fully saturated rings. The second-order valence-electron chi connectivity index (χ2n) is 12.6. The van der Waals surface area contributed by atoms with E-state index in [-0.39, 0.29) is 17.0 Å². The Kier molecular flexibility index (Phi) is 7.41. The number of fused-ring (bicyclic) bond motifs is 4. The quantitative estimate of drug-likeness (QED) is 0.250. The summed E-state index contributed by atoms with van der Waals surface area (Å²) in [6, 6.07) is 13.9. The summed E-state index contributed by atoms with van der Waals surface area (Å²) in [7, 11) is 0. The summed E-state index contributed by atoms with van der Waals surface area (Å²) in [5.41, 5.74) is 11.8. The molecule has 5 heterocycles. The van der Waals surface area contributed by atoms with Gasteiger partial charge >= 0.3 is 0 Å². The average Bonchev–Trinajstić information content (AvgIpc) is 3.47. The standard InChI is InChI=1S/C31H36Cl2N8/c1-30(2,3)19-36-27-21(16-34)17-35-29-24(27)14-23(15-25(29)33)37-28(20-4-6-22(32)7-5-20)26-18-41(39-38-26)31-8-11-40(12-9-31)13-10-31/h4-7,14-15,17-18,28,37-39H,8-13,19H2,1-3H3,(H,35,36). The van der Waals surface area contributed by atoms with Gasteiger partial charge in [-0.15, -0.1) is 5.53 Å². The molecule has 2 aromatic carbocycles. The van der Waals surface area contributed by atoms with Gasteiger partial charge in [-0.2, -0.15) is 5.26 Å². The lowest BCUT2D eigenvalue weighted by molar-refractivity contribution is -0.0300. The smallest absolute Gasteiger partial charge is 0.103 e. The molecule has 4 aliphatic heterocycles. The normalized spacial score (nSPS) is 22.7. The van der Waals surface area contributed by atoms with Crippen LogP contribution >= 0.6 is 23.2 Å². The summed E-state index contributed by atoms with van der Waals surface area (Å²) < 4.78 is 0. The summed E-state index contributed by atoms with van der Waals surface area (Å²) in [5.74, 6) is 0. The van der Waals surface area contributed by atoms with Crippen LogP contribution < -0.4 is 21.6 Å². The van der Waals surface area contributed by atoms with Crippen molar-refractivity contribution in [2.24, 2.45) is 5.41 Å². The van der Waals surface area contributed by atoms with E-state index in [1.165, 1.54) is 0 Å². The number of nitriles is 1. The fourth-order valence-corrected chi connectivity index (χ4v) is 6.43. The first-order valence-electron chi connectivity index (χ1n) is 14.2. The van der Waals surface area contributed by atoms with E-state index in [1.807, 2.05) is 36.4 Å². The Balaban J connectivity index is 1.38. The zero-order valence-corrected chi connectivity index (χ0v) is 25.2. The number of halogens is 2. The maximum Gasteiger partial charge on any atom is 0.103 e. The molecule has 1 aromatic heterocycles. The van der Waals surface area contributed by atoms with Crippen molar-refractivity contribution in [3.63, 3.8) is 0 Å². The molecule has 3 aromatic rings. The molecule has 1 unspecified atom stereocenters. The van der Waals surface area contributed by atoms with E-state index in [9.17, 15) is 5.26 Å². The predicted molar refractivity (Wildman–Crippen MR) is 166 cm³/mol. The number of piperidine rings is 3. The molecule has 7 rings (SSSR count). The molecule has 2 bridgehead atoms. The van der Waals surface area contributed by atoms with Gasteiger partial charge in [0.25, 0.3) is 0 Å². The molecule has 4 aliphatic rings. The first-order chi connectivity index (χ1) is 19.6. The van der Waals surface area contributed by atoms with E-state index in [2.05, 4.69) is 69.5 Å². The molecule has 0 aliphatic carbocycles. The maximum absolute atomic E-state index is 9.86. The molecule has 214 valence electrons. The molecule has 0 amide bonds. The summed E-state index contributed by atoms with van der Waals surface area (Å²) in [6.45, 7) is 10.6. The van der Waals surface area contributed by atoms with Gasteiger partial charge in [0.2, 0.25) is 0 Å². The second kappa shape index (κ2) is 10.9. The van der Waals surface area contributed by atoms with Crippen molar-refractivity contribution in [3.05, 3.63) is 75.7 Å². The SMILES string of the molecule is CC(C)(C)CNc1c(C#N)cnc2c(Cl)cc(NC(C3=CN(C45CCN(CC4)CC5)NN3)c3ccc(Cl)cc3)cc12. The van der Waals surface area contributed by atoms with Crippen LogP contribution in [0.2, 0.25) is 10.0 Å². The number of hydrogen-bond acceptors (Lipinski definition) is 8. The molecule has 4 N–H and O–H groups in total. The molecule has 1 atom stereocenters. The summed E-state index contributed by atoms with van der Waals surface area (Å²) in [4.78, 5) is 7.07. The summed E-state index contributed by atoms with van der Waals surface area (Å²) >= 11 is 13.1. The van der Waals surface area contributed by atoms with Gasteiger partial charge in [-0.3, -0.25) is 9.99 Å². The van der Waals surface area contributed by atoms with Crippen LogP contribution in [-0.4, -0.2) is 46.6 Å². The number of hydrazine groups is 2. The molecule has 41 heavy (non-hydrogen) atoms. The summed E-state index contributed by atoms with van der Waals surface area (Å²) in [6.07, 6.45) is 7.23. The third-order valence-electron chi connectivity index (χ3n) is 8.45. The fourth-order valence-electron chi connectivity index (χ4n) is 6.04. The number of rotatable bonds is 7. The summed E-state index contributed by atoms with van der Waals surface area (Å²) in [5, 5.41) is 21.4. The van der Waals surface area contributed by atoms with Crippen LogP contribution in [0.3, 0.4) is 0 Å². The average molecular weight is 592 g/mol. The molecule has 10 heteroatoms. The van der Waals surface area contributed by atoms with Crippen LogP contribution in [0.1, 0.15) is 57.2 Å². The van der Waals surface area contributed by atoms with Gasteiger partial charge < -0.3 is 21.0 Å². The molecular formula is C31H36Cl2N8. The number of hydrogen-bond donors (Lipinski definition) is 4. The van der Waals surface area contributed by atoms with Gasteiger partial charge in [0.15, 0.2) is 0 Å². The highest BCUT2D eigenvalue weighted by Gasteiger charge is 2.45. The number of pyridine rings is 1. The van der Waals surface area contributed by atoms with Gasteiger partial charge in [0, 0.05) is 54.7 Å². The minimum atomic E-state index is -0.212. The Bertz CT molecular complexity index is 1500. The van der Waals surface area contributed by atoms with Gasteiger partial charge in [0.1, 0.15) is 6.07 Å². The van der Waals surface area contributed by atoms with Crippen LogP contribution in [-0.2, 0) is 0 Å². The molecule has 3 saturated heterocycles. The highest BCUT2D eigenvalue weighted by atomic mass is 35.5. The van der Waals surface area contributed by atoms with Crippen LogP contribution in [0.5, 0.6) is 0 Å². The lowest BCUT2D eigenvalue weighted by Crippen LogP contribution is -2.62. The van der Waals surface area contributed by atoms with Crippen molar-refractivity contribution in [3.8, 4) is 6.07 Å². The van der Waals surface area contributed by atoms with E-state index in [0.29, 0.717) is 27.7 Å². The minimum absolute atomic E-state index is 0.0234. The fraction of sp³-hybridized carbons (Fsp3) is 0.419. The lowest BCUT2D eigenvalue weighted by atomic mass is 9.79. The Morgan fingerprint density at radius 2 is 1.80 bits per heavy atom. The largest absolute Gasteiger partial charge is 0.383 e. The molecule has 0 spiro atoms. The van der Waals surface area contributed by atoms with E-state index in [0.717, 1.165) is 66.9 Å². The van der Waals surface area contributed by atoms with Gasteiger partial charge in [-0.25, -0.2) is 0 Å². The number of anilines is 2. The van der Waals surface area contributed by atoms with Crippen molar-refractivity contribution >= 4 is 45.5 Å². The van der Waals surface area contributed by atoms with Gasteiger partial charge in [-0.1, -0.05) is 56.1 Å². The Labute approximate surface area is 251 Å². The first kappa shape index (κ1) is 27.9. The molecule has 0 radical (unpaired) electrons. The van der Waals surface area contributed by atoms with Crippen molar-refractivity contribution in [2.75, 3.05) is 36.8 Å². The second-order valence-corrected chi connectivity index (χ2v) is 13.4. The predicted octanol–water partition coefficient (Wildman–Crippen LogP) is 6.43. The highest BCUT2D eigenvalue weighted by Crippen LogP contribution is 2.40. The molecule has 0 saturated carbocycles. The number of aromatic nitrogens is 1. The monoisotopic (exact) mass is 590 g/mol. The van der Waals surface area contributed by atoms with E-state index >= 15 is 0 Å². The number of benzene rings is 2. The lowest BCUT2D eigenvalue weighted by Gasteiger charge is -2.52. The van der Waals surface area contributed by atoms with Crippen molar-refractivity contribution < 1.29 is 0 Å². The minimum Gasteiger partial charge on any atom is -0.383 e. The number of nitrogens with zero attached hydrogens (tertiary/aromatic N) is 4. The third kappa shape index (κ3) is 5.64.